The molecular weight excluding hydrogens is 422 g/mol. The highest BCUT2D eigenvalue weighted by atomic mass is 79.9. The first-order valence-electron chi connectivity index (χ1n) is 8.62. The summed E-state index contributed by atoms with van der Waals surface area (Å²) in [5, 5.41) is 13.3. The zero-order chi connectivity index (χ0) is 20.7. The van der Waals surface area contributed by atoms with Crippen LogP contribution in [-0.2, 0) is 14.3 Å². The third kappa shape index (κ3) is 6.70. The van der Waals surface area contributed by atoms with E-state index in [0.717, 1.165) is 10.0 Å². The Kier molecular flexibility index (Phi) is 7.18. The molecule has 28 heavy (non-hydrogen) atoms. The van der Waals surface area contributed by atoms with Crippen molar-refractivity contribution < 1.29 is 19.4 Å². The lowest BCUT2D eigenvalue weighted by Crippen LogP contribution is -2.42. The largest absolute Gasteiger partial charge is 0.504 e. The van der Waals surface area contributed by atoms with E-state index in [4.69, 9.17) is 4.74 Å². The van der Waals surface area contributed by atoms with Crippen LogP contribution < -0.4 is 5.32 Å². The monoisotopic (exact) mass is 443 g/mol. The lowest BCUT2D eigenvalue weighted by Gasteiger charge is -2.21. The zero-order valence-corrected chi connectivity index (χ0v) is 17.5. The van der Waals surface area contributed by atoms with Gasteiger partial charge in [0.05, 0.1) is 0 Å². The molecule has 2 aromatic carbocycles. The highest BCUT2D eigenvalue weighted by Crippen LogP contribution is 2.21. The maximum Gasteiger partial charge on any atom is 0.336 e. The predicted molar refractivity (Wildman–Crippen MR) is 113 cm³/mol. The van der Waals surface area contributed by atoms with Crippen LogP contribution in [0.15, 0.2) is 70.9 Å². The van der Waals surface area contributed by atoms with Crippen molar-refractivity contribution in [3.8, 4) is 0 Å². The molecule has 0 fully saturated rings. The molecule has 2 aromatic rings. The molecular formula is C22H22BrNO4. The quantitative estimate of drug-likeness (QED) is 0.393. The molecule has 0 saturated heterocycles. The number of halogens is 1. The molecule has 2 rings (SSSR count). The number of esters is 1. The molecule has 0 saturated carbocycles. The molecule has 0 bridgehead atoms. The van der Waals surface area contributed by atoms with E-state index in [0.29, 0.717) is 5.56 Å². The van der Waals surface area contributed by atoms with Crippen LogP contribution in [0.25, 0.3) is 11.8 Å². The van der Waals surface area contributed by atoms with Gasteiger partial charge in [0.1, 0.15) is 0 Å². The van der Waals surface area contributed by atoms with Gasteiger partial charge in [0.2, 0.25) is 5.76 Å². The molecule has 146 valence electrons. The summed E-state index contributed by atoms with van der Waals surface area (Å²) in [7, 11) is 0. The molecule has 6 heteroatoms. The van der Waals surface area contributed by atoms with E-state index in [1.807, 2.05) is 30.3 Å². The average Bonchev–Trinajstić information content (AvgIpc) is 2.64. The summed E-state index contributed by atoms with van der Waals surface area (Å²) < 4.78 is 6.02. The summed E-state index contributed by atoms with van der Waals surface area (Å²) in [6.07, 6.45) is 2.77. The number of carbonyl (C=O) groups excluding carboxylic acids is 2. The molecule has 0 unspecified atom stereocenters. The van der Waals surface area contributed by atoms with Crippen LogP contribution in [0.4, 0.5) is 0 Å². The molecule has 2 N–H and O–H groups in total. The van der Waals surface area contributed by atoms with Crippen molar-refractivity contribution in [2.75, 3.05) is 0 Å². The van der Waals surface area contributed by atoms with Crippen molar-refractivity contribution in [1.29, 1.82) is 0 Å². The lowest BCUT2D eigenvalue weighted by atomic mass is 10.1. The van der Waals surface area contributed by atoms with Gasteiger partial charge in [-0.15, -0.1) is 0 Å². The molecule has 0 aliphatic carbocycles. The van der Waals surface area contributed by atoms with Crippen molar-refractivity contribution in [2.45, 2.75) is 26.3 Å². The summed E-state index contributed by atoms with van der Waals surface area (Å²) in [5.74, 6) is -2.34. The van der Waals surface area contributed by atoms with Crippen LogP contribution in [0.2, 0.25) is 0 Å². The number of rotatable bonds is 5. The summed E-state index contributed by atoms with van der Waals surface area (Å²) >= 11 is 3.31. The number of benzene rings is 2. The summed E-state index contributed by atoms with van der Waals surface area (Å²) in [6, 6.07) is 15.8. The summed E-state index contributed by atoms with van der Waals surface area (Å²) in [6.45, 7) is 5.36. The second kappa shape index (κ2) is 9.37. The van der Waals surface area contributed by atoms with Gasteiger partial charge < -0.3 is 15.2 Å². The molecule has 0 spiro atoms. The van der Waals surface area contributed by atoms with E-state index >= 15 is 0 Å². The minimum atomic E-state index is -0.772. The Morgan fingerprint density at radius 1 is 1.04 bits per heavy atom. The van der Waals surface area contributed by atoms with Gasteiger partial charge in [0.25, 0.3) is 5.91 Å². The van der Waals surface area contributed by atoms with E-state index in [9.17, 15) is 14.7 Å². The van der Waals surface area contributed by atoms with Crippen LogP contribution in [-0.4, -0.2) is 22.5 Å². The zero-order valence-electron chi connectivity index (χ0n) is 15.9. The van der Waals surface area contributed by atoms with Crippen LogP contribution >= 0.6 is 15.9 Å². The second-order valence-electron chi connectivity index (χ2n) is 7.05. The molecule has 1 amide bonds. The highest BCUT2D eigenvalue weighted by molar-refractivity contribution is 9.10. The third-order valence-electron chi connectivity index (χ3n) is 3.44. The first-order valence-corrected chi connectivity index (χ1v) is 9.41. The van der Waals surface area contributed by atoms with Gasteiger partial charge in [-0.2, -0.15) is 0 Å². The fourth-order valence-electron chi connectivity index (χ4n) is 2.20. The molecule has 0 aromatic heterocycles. The number of aliphatic hydroxyl groups excluding tert-OH is 1. The van der Waals surface area contributed by atoms with Crippen LogP contribution in [0.3, 0.4) is 0 Å². The molecule has 5 nitrogen and oxygen atoms in total. The normalized spacial score (nSPS) is 12.4. The first-order chi connectivity index (χ1) is 13.2. The number of carbonyl (C=O) groups is 2. The summed E-state index contributed by atoms with van der Waals surface area (Å²) in [4.78, 5) is 24.9. The van der Waals surface area contributed by atoms with Gasteiger partial charge in [-0.25, -0.2) is 4.79 Å². The lowest BCUT2D eigenvalue weighted by molar-refractivity contribution is -0.138. The van der Waals surface area contributed by atoms with Crippen LogP contribution in [0.1, 0.15) is 31.9 Å². The second-order valence-corrected chi connectivity index (χ2v) is 7.97. The smallest absolute Gasteiger partial charge is 0.336 e. The van der Waals surface area contributed by atoms with Gasteiger partial charge in [-0.1, -0.05) is 58.4 Å². The fourth-order valence-corrected chi connectivity index (χ4v) is 2.47. The van der Waals surface area contributed by atoms with E-state index < -0.39 is 28.9 Å². The van der Waals surface area contributed by atoms with E-state index in [-0.39, 0.29) is 0 Å². The first kappa shape index (κ1) is 21.4. The summed E-state index contributed by atoms with van der Waals surface area (Å²) in [5.41, 5.74) is 0.581. The van der Waals surface area contributed by atoms with Gasteiger partial charge in [-0.05, 0) is 44.5 Å². The van der Waals surface area contributed by atoms with Crippen molar-refractivity contribution in [2.24, 2.45) is 0 Å². The number of nitrogens with one attached hydrogen (secondary N) is 1. The maximum absolute atomic E-state index is 12.6. The molecule has 0 radical (unpaired) electrons. The predicted octanol–water partition coefficient (Wildman–Crippen LogP) is 4.85. The standard InChI is InChI=1S/C22H22BrNO4/c1-22(2,3)24-21(27)20(19(26)16-10-12-17(23)13-11-16)28-18(25)14-9-15-7-5-4-6-8-15/h4-14,26H,1-3H3,(H,24,27)/b14-9?,20-19-. The van der Waals surface area contributed by atoms with Crippen molar-refractivity contribution in [3.63, 3.8) is 0 Å². The van der Waals surface area contributed by atoms with E-state index in [1.54, 1.807) is 51.1 Å². The molecule has 0 heterocycles. The SMILES string of the molecule is CC(C)(C)NC(=O)/C(OC(=O)C=Cc1ccccc1)=C(/O)c1ccc(Br)cc1. The van der Waals surface area contributed by atoms with Gasteiger partial charge in [0, 0.05) is 21.7 Å². The van der Waals surface area contributed by atoms with Crippen molar-refractivity contribution >= 4 is 39.6 Å². The minimum Gasteiger partial charge on any atom is -0.504 e. The van der Waals surface area contributed by atoms with Gasteiger partial charge >= 0.3 is 5.97 Å². The topological polar surface area (TPSA) is 75.6 Å². The van der Waals surface area contributed by atoms with E-state index in [2.05, 4.69) is 21.2 Å². The Labute approximate surface area is 172 Å². The van der Waals surface area contributed by atoms with Gasteiger partial charge in [-0.3, -0.25) is 4.79 Å². The fraction of sp³-hybridized carbons (Fsp3) is 0.182. The Morgan fingerprint density at radius 2 is 1.64 bits per heavy atom. The number of hydrogen-bond donors (Lipinski definition) is 2. The number of hydrogen-bond acceptors (Lipinski definition) is 4. The maximum atomic E-state index is 12.6. The molecule has 0 aliphatic heterocycles. The minimum absolute atomic E-state index is 0.349. The Bertz CT molecular complexity index is 894. The van der Waals surface area contributed by atoms with E-state index in [1.165, 1.54) is 6.08 Å². The third-order valence-corrected chi connectivity index (χ3v) is 3.97. The molecule has 0 atom stereocenters. The average molecular weight is 444 g/mol. The van der Waals surface area contributed by atoms with Crippen molar-refractivity contribution in [1.82, 2.24) is 5.32 Å². The van der Waals surface area contributed by atoms with Crippen LogP contribution in [0.5, 0.6) is 0 Å². The number of amides is 1. The number of aliphatic hydroxyl groups is 1. The van der Waals surface area contributed by atoms with Gasteiger partial charge in [0.15, 0.2) is 5.76 Å². The molecule has 0 aliphatic rings. The Balaban J connectivity index is 2.31. The highest BCUT2D eigenvalue weighted by Gasteiger charge is 2.25. The van der Waals surface area contributed by atoms with Crippen molar-refractivity contribution in [3.05, 3.63) is 82.0 Å². The van der Waals surface area contributed by atoms with Crippen LogP contribution in [0, 0.1) is 0 Å². The Hall–Kier alpha value is -2.86. The number of ether oxygens (including phenoxy) is 1. The Morgan fingerprint density at radius 3 is 2.21 bits per heavy atom.